The molecular formula is C20H25BrF2N2O4. The highest BCUT2D eigenvalue weighted by molar-refractivity contribution is 9.10. The van der Waals surface area contributed by atoms with Crippen molar-refractivity contribution in [3.8, 4) is 0 Å². The molecule has 2 aromatic heterocycles. The maximum absolute atomic E-state index is 13.0. The first kappa shape index (κ1) is 25.1. The van der Waals surface area contributed by atoms with E-state index < -0.39 is 11.8 Å². The van der Waals surface area contributed by atoms with Gasteiger partial charge < -0.3 is 14.2 Å². The van der Waals surface area contributed by atoms with Crippen LogP contribution < -0.4 is 0 Å². The number of esters is 1. The van der Waals surface area contributed by atoms with E-state index in [1.807, 2.05) is 0 Å². The Morgan fingerprint density at radius 1 is 0.931 bits per heavy atom. The molecule has 0 aromatic carbocycles. The summed E-state index contributed by atoms with van der Waals surface area (Å²) < 4.78 is 40.8. The average Bonchev–Trinajstić information content (AvgIpc) is 2.71. The third-order valence-electron chi connectivity index (χ3n) is 3.78. The highest BCUT2D eigenvalue weighted by atomic mass is 79.9. The van der Waals surface area contributed by atoms with Crippen LogP contribution in [0.5, 0.6) is 0 Å². The first-order valence-electron chi connectivity index (χ1n) is 8.93. The quantitative estimate of drug-likeness (QED) is 0.309. The highest BCUT2D eigenvalue weighted by Crippen LogP contribution is 2.16. The smallest absolute Gasteiger partial charge is 0.356 e. The predicted octanol–water partition coefficient (Wildman–Crippen LogP) is 4.15. The molecule has 0 bridgehead atoms. The van der Waals surface area contributed by atoms with Crippen LogP contribution in [0.15, 0.2) is 29.1 Å². The van der Waals surface area contributed by atoms with Crippen molar-refractivity contribution < 1.29 is 27.8 Å². The Kier molecular flexibility index (Phi) is 12.2. The van der Waals surface area contributed by atoms with E-state index in [9.17, 15) is 13.6 Å². The van der Waals surface area contributed by atoms with Gasteiger partial charge in [-0.15, -0.1) is 0 Å². The summed E-state index contributed by atoms with van der Waals surface area (Å²) in [6.45, 7) is 1.24. The molecule has 9 heteroatoms. The second kappa shape index (κ2) is 14.1. The predicted molar refractivity (Wildman–Crippen MR) is 108 cm³/mol. The van der Waals surface area contributed by atoms with Gasteiger partial charge in [-0.2, -0.15) is 0 Å². The van der Waals surface area contributed by atoms with Crippen LogP contribution in [0, 0.1) is 11.6 Å². The number of carbonyl (C=O) groups is 1. The van der Waals surface area contributed by atoms with E-state index in [0.717, 1.165) is 24.6 Å². The summed E-state index contributed by atoms with van der Waals surface area (Å²) in [7, 11) is 4.51. The Bertz CT molecular complexity index is 778. The van der Waals surface area contributed by atoms with Crippen LogP contribution in [0.2, 0.25) is 0 Å². The Balaban J connectivity index is 0.000000296. The van der Waals surface area contributed by atoms with Crippen LogP contribution in [-0.4, -0.2) is 50.5 Å². The first-order valence-corrected chi connectivity index (χ1v) is 9.72. The van der Waals surface area contributed by atoms with Crippen LogP contribution in [-0.2, 0) is 27.1 Å². The van der Waals surface area contributed by atoms with Crippen molar-refractivity contribution in [1.29, 1.82) is 0 Å². The summed E-state index contributed by atoms with van der Waals surface area (Å²) in [5, 5.41) is 0. The van der Waals surface area contributed by atoms with Crippen molar-refractivity contribution in [1.82, 2.24) is 9.97 Å². The van der Waals surface area contributed by atoms with Crippen LogP contribution in [0.25, 0.3) is 0 Å². The van der Waals surface area contributed by atoms with Crippen molar-refractivity contribution in [2.45, 2.75) is 25.7 Å². The van der Waals surface area contributed by atoms with Gasteiger partial charge in [0, 0.05) is 27.4 Å². The van der Waals surface area contributed by atoms with Gasteiger partial charge in [0.15, 0.2) is 5.69 Å². The van der Waals surface area contributed by atoms with Gasteiger partial charge in [0.1, 0.15) is 16.2 Å². The second-order valence-electron chi connectivity index (χ2n) is 5.95. The van der Waals surface area contributed by atoms with Crippen molar-refractivity contribution in [3.63, 3.8) is 0 Å². The van der Waals surface area contributed by atoms with Gasteiger partial charge in [-0.1, -0.05) is 0 Å². The number of methoxy groups -OCH3 is 3. The van der Waals surface area contributed by atoms with Crippen molar-refractivity contribution in [2.24, 2.45) is 0 Å². The normalized spacial score (nSPS) is 10.3. The molecule has 0 unspecified atom stereocenters. The van der Waals surface area contributed by atoms with Gasteiger partial charge in [0.05, 0.1) is 19.5 Å². The van der Waals surface area contributed by atoms with Gasteiger partial charge in [0.2, 0.25) is 0 Å². The third-order valence-corrected chi connectivity index (χ3v) is 4.49. The SMILES string of the molecule is COCCCc1cc(F)cnc1Br.COCCCc1cc(F)cnc1C(=O)OC. The molecule has 2 heterocycles. The highest BCUT2D eigenvalue weighted by Gasteiger charge is 2.14. The van der Waals surface area contributed by atoms with Crippen LogP contribution in [0.1, 0.15) is 34.5 Å². The minimum atomic E-state index is -0.549. The number of ether oxygens (including phenoxy) is 3. The van der Waals surface area contributed by atoms with E-state index in [0.29, 0.717) is 36.2 Å². The zero-order valence-corrected chi connectivity index (χ0v) is 18.3. The third kappa shape index (κ3) is 9.38. The number of hydrogen-bond donors (Lipinski definition) is 0. The molecule has 0 aliphatic rings. The Morgan fingerprint density at radius 3 is 2.00 bits per heavy atom. The lowest BCUT2D eigenvalue weighted by molar-refractivity contribution is 0.0592. The molecule has 2 rings (SSSR count). The molecule has 0 radical (unpaired) electrons. The van der Waals surface area contributed by atoms with E-state index in [4.69, 9.17) is 9.47 Å². The van der Waals surface area contributed by atoms with Crippen LogP contribution >= 0.6 is 15.9 Å². The fourth-order valence-electron chi connectivity index (χ4n) is 2.41. The largest absolute Gasteiger partial charge is 0.464 e. The second-order valence-corrected chi connectivity index (χ2v) is 6.70. The number of aryl methyl sites for hydroxylation is 2. The number of pyridine rings is 2. The monoisotopic (exact) mass is 474 g/mol. The summed E-state index contributed by atoms with van der Waals surface area (Å²) in [4.78, 5) is 18.9. The van der Waals surface area contributed by atoms with E-state index in [1.165, 1.54) is 25.4 Å². The molecule has 0 saturated carbocycles. The zero-order valence-electron chi connectivity index (χ0n) is 16.7. The van der Waals surface area contributed by atoms with E-state index in [1.54, 1.807) is 14.2 Å². The number of halogens is 3. The molecular weight excluding hydrogens is 450 g/mol. The van der Waals surface area contributed by atoms with Gasteiger partial charge in [-0.05, 0) is 64.9 Å². The molecule has 0 saturated heterocycles. The molecule has 0 spiro atoms. The minimum absolute atomic E-state index is 0.167. The molecule has 0 N–H and O–H groups in total. The topological polar surface area (TPSA) is 70.5 Å². The fraction of sp³-hybridized carbons (Fsp3) is 0.450. The maximum atomic E-state index is 13.0. The summed E-state index contributed by atoms with van der Waals surface area (Å²) in [5.41, 5.74) is 1.60. The summed E-state index contributed by atoms with van der Waals surface area (Å²) in [6.07, 6.45) is 5.09. The van der Waals surface area contributed by atoms with E-state index in [2.05, 4.69) is 30.6 Å². The van der Waals surface area contributed by atoms with E-state index in [-0.39, 0.29) is 11.5 Å². The van der Waals surface area contributed by atoms with Crippen LogP contribution in [0.4, 0.5) is 8.78 Å². The summed E-state index contributed by atoms with van der Waals surface area (Å²) in [6, 6.07) is 2.79. The number of nitrogens with zero attached hydrogens (tertiary/aromatic N) is 2. The molecule has 160 valence electrons. The lowest BCUT2D eigenvalue weighted by Crippen LogP contribution is -2.09. The first-order chi connectivity index (χ1) is 13.9. The maximum Gasteiger partial charge on any atom is 0.356 e. The molecule has 0 atom stereocenters. The molecule has 2 aromatic rings. The Labute approximate surface area is 177 Å². The Hall–Kier alpha value is -1.97. The van der Waals surface area contributed by atoms with Gasteiger partial charge in [0.25, 0.3) is 0 Å². The molecule has 0 aliphatic carbocycles. The summed E-state index contributed by atoms with van der Waals surface area (Å²) >= 11 is 3.26. The van der Waals surface area contributed by atoms with Crippen LogP contribution in [0.3, 0.4) is 0 Å². The number of rotatable bonds is 9. The fourth-order valence-corrected chi connectivity index (χ4v) is 2.82. The molecule has 0 amide bonds. The van der Waals surface area contributed by atoms with Crippen molar-refractivity contribution >= 4 is 21.9 Å². The molecule has 6 nitrogen and oxygen atoms in total. The number of carbonyl (C=O) groups excluding carboxylic acids is 1. The molecule has 0 fully saturated rings. The van der Waals surface area contributed by atoms with Gasteiger partial charge in [-0.25, -0.2) is 23.5 Å². The lowest BCUT2D eigenvalue weighted by atomic mass is 10.1. The van der Waals surface area contributed by atoms with Crippen molar-refractivity contribution in [3.05, 3.63) is 57.6 Å². The van der Waals surface area contributed by atoms with Gasteiger partial charge >= 0.3 is 5.97 Å². The summed E-state index contributed by atoms with van der Waals surface area (Å²) in [5.74, 6) is -1.30. The number of aromatic nitrogens is 2. The number of hydrogen-bond acceptors (Lipinski definition) is 6. The average molecular weight is 475 g/mol. The van der Waals surface area contributed by atoms with Gasteiger partial charge in [-0.3, -0.25) is 0 Å². The molecule has 29 heavy (non-hydrogen) atoms. The lowest BCUT2D eigenvalue weighted by Gasteiger charge is -2.06. The minimum Gasteiger partial charge on any atom is -0.464 e. The van der Waals surface area contributed by atoms with E-state index >= 15 is 0 Å². The van der Waals surface area contributed by atoms with Crippen molar-refractivity contribution in [2.75, 3.05) is 34.5 Å². The molecule has 0 aliphatic heterocycles. The Morgan fingerprint density at radius 2 is 1.45 bits per heavy atom. The zero-order chi connectivity index (χ0) is 21.6. The standard InChI is InChI=1S/C11H14FNO3.C9H11BrFNO/c1-15-5-3-4-8-6-9(12)7-13-10(8)11(14)16-2;1-13-4-2-3-7-5-8(11)6-12-9(7)10/h6-7H,3-5H2,1-2H3;5-6H,2-4H2,1H3.